The van der Waals surface area contributed by atoms with Gasteiger partial charge in [-0.25, -0.2) is 0 Å². The number of rotatable bonds is 4. The van der Waals surface area contributed by atoms with Gasteiger partial charge in [-0.3, -0.25) is 9.59 Å². The van der Waals surface area contributed by atoms with Crippen LogP contribution in [0.2, 0.25) is 0 Å². The molecule has 1 saturated heterocycles. The second-order valence-corrected chi connectivity index (χ2v) is 7.00. The number of amides is 2. The average molecular weight is 370 g/mol. The van der Waals surface area contributed by atoms with E-state index in [0.717, 1.165) is 17.5 Å². The number of hydrogen-bond acceptors (Lipinski definition) is 5. The third-order valence-corrected chi connectivity index (χ3v) is 4.84. The zero-order valence-corrected chi connectivity index (χ0v) is 16.1. The van der Waals surface area contributed by atoms with Crippen LogP contribution in [-0.4, -0.2) is 51.4 Å². The highest BCUT2D eigenvalue weighted by Crippen LogP contribution is 2.25. The topological polar surface area (TPSA) is 79.5 Å². The molecule has 0 aliphatic carbocycles. The molecule has 1 aromatic heterocycles. The van der Waals surface area contributed by atoms with Crippen LogP contribution in [-0.2, 0) is 16.0 Å². The lowest BCUT2D eigenvalue weighted by molar-refractivity contribution is -0.136. The third kappa shape index (κ3) is 4.53. The molecule has 7 heteroatoms. The molecule has 0 N–H and O–H groups in total. The van der Waals surface area contributed by atoms with Gasteiger partial charge in [0.25, 0.3) is 5.89 Å². The van der Waals surface area contributed by atoms with E-state index in [-0.39, 0.29) is 11.8 Å². The minimum absolute atomic E-state index is 0.0313. The highest BCUT2D eigenvalue weighted by Gasteiger charge is 2.34. The summed E-state index contributed by atoms with van der Waals surface area (Å²) in [5.74, 6) is 0.997. The number of carbonyl (C=O) groups excluding carboxylic acids is 2. The Hall–Kier alpha value is -2.70. The largest absolute Gasteiger partial charge is 0.340 e. The number of hydrogen-bond donors (Lipinski definition) is 0. The Kier molecular flexibility index (Phi) is 5.88. The number of aromatic nitrogens is 2. The number of benzene rings is 1. The van der Waals surface area contributed by atoms with Crippen molar-refractivity contribution in [1.82, 2.24) is 19.9 Å². The molecule has 1 aliphatic rings. The highest BCUT2D eigenvalue weighted by molar-refractivity contribution is 5.79. The van der Waals surface area contributed by atoms with Gasteiger partial charge >= 0.3 is 0 Å². The van der Waals surface area contributed by atoms with Gasteiger partial charge in [-0.1, -0.05) is 41.9 Å². The van der Waals surface area contributed by atoms with Crippen LogP contribution in [0.15, 0.2) is 28.8 Å². The van der Waals surface area contributed by atoms with Crippen molar-refractivity contribution in [3.8, 4) is 0 Å². The lowest BCUT2D eigenvalue weighted by Gasteiger charge is -2.29. The fourth-order valence-electron chi connectivity index (χ4n) is 3.48. The highest BCUT2D eigenvalue weighted by atomic mass is 16.5. The average Bonchev–Trinajstić information content (AvgIpc) is 2.95. The normalized spacial score (nSPS) is 17.7. The lowest BCUT2D eigenvalue weighted by atomic mass is 10.1. The van der Waals surface area contributed by atoms with Crippen molar-refractivity contribution in [2.45, 2.75) is 46.1 Å². The molecule has 0 saturated carbocycles. The Morgan fingerprint density at radius 2 is 2.04 bits per heavy atom. The molecule has 1 fully saturated rings. The molecule has 1 atom stereocenters. The number of carbonyl (C=O) groups is 2. The molecule has 1 aromatic carbocycles. The first-order chi connectivity index (χ1) is 13.0. The van der Waals surface area contributed by atoms with Crippen LogP contribution < -0.4 is 0 Å². The van der Waals surface area contributed by atoms with Crippen molar-refractivity contribution in [3.63, 3.8) is 0 Å². The van der Waals surface area contributed by atoms with Crippen LogP contribution >= 0.6 is 0 Å². The molecule has 2 amide bonds. The third-order valence-electron chi connectivity index (χ3n) is 4.84. The first-order valence-corrected chi connectivity index (χ1v) is 9.41. The molecule has 0 bridgehead atoms. The van der Waals surface area contributed by atoms with Gasteiger partial charge in [0.15, 0.2) is 5.82 Å². The van der Waals surface area contributed by atoms with Crippen LogP contribution in [0.5, 0.6) is 0 Å². The van der Waals surface area contributed by atoms with Gasteiger partial charge in [-0.15, -0.1) is 0 Å². The maximum atomic E-state index is 12.9. The molecule has 144 valence electrons. The Labute approximate surface area is 159 Å². The second kappa shape index (κ2) is 8.33. The van der Waals surface area contributed by atoms with Gasteiger partial charge in [0.1, 0.15) is 6.04 Å². The van der Waals surface area contributed by atoms with Crippen LogP contribution in [0.4, 0.5) is 0 Å². The first kappa shape index (κ1) is 19.1. The monoisotopic (exact) mass is 370 g/mol. The van der Waals surface area contributed by atoms with E-state index in [9.17, 15) is 9.59 Å². The SMILES string of the molecule is CCC(=O)N1CCCN(C(=O)Cc2cccc(C)c2)CC1c1nc(C)no1. The molecule has 7 nitrogen and oxygen atoms in total. The molecule has 2 aromatic rings. The van der Waals surface area contributed by atoms with Crippen LogP contribution in [0.3, 0.4) is 0 Å². The fourth-order valence-corrected chi connectivity index (χ4v) is 3.48. The molecular formula is C20H26N4O3. The molecule has 3 rings (SSSR count). The maximum absolute atomic E-state index is 12.9. The van der Waals surface area contributed by atoms with Gasteiger partial charge in [0, 0.05) is 19.5 Å². The molecular weight excluding hydrogens is 344 g/mol. The van der Waals surface area contributed by atoms with Gasteiger partial charge in [0.05, 0.1) is 13.0 Å². The molecule has 0 radical (unpaired) electrons. The summed E-state index contributed by atoms with van der Waals surface area (Å²) in [6.45, 7) is 7.16. The quantitative estimate of drug-likeness (QED) is 0.826. The lowest BCUT2D eigenvalue weighted by Crippen LogP contribution is -2.40. The van der Waals surface area contributed by atoms with E-state index in [0.29, 0.717) is 44.2 Å². The predicted molar refractivity (Wildman–Crippen MR) is 99.9 cm³/mol. The van der Waals surface area contributed by atoms with E-state index in [1.165, 1.54) is 0 Å². The maximum Gasteiger partial charge on any atom is 0.251 e. The van der Waals surface area contributed by atoms with Crippen LogP contribution in [0.25, 0.3) is 0 Å². The van der Waals surface area contributed by atoms with Crippen molar-refractivity contribution in [1.29, 1.82) is 0 Å². The minimum Gasteiger partial charge on any atom is -0.340 e. The molecule has 0 spiro atoms. The van der Waals surface area contributed by atoms with Gasteiger partial charge in [0.2, 0.25) is 11.8 Å². The Bertz CT molecular complexity index is 817. The smallest absolute Gasteiger partial charge is 0.251 e. The van der Waals surface area contributed by atoms with Crippen LogP contribution in [0.1, 0.15) is 48.6 Å². The van der Waals surface area contributed by atoms with Gasteiger partial charge in [-0.2, -0.15) is 4.98 Å². The molecule has 2 heterocycles. The summed E-state index contributed by atoms with van der Waals surface area (Å²) in [7, 11) is 0. The summed E-state index contributed by atoms with van der Waals surface area (Å²) in [5, 5.41) is 3.86. The summed E-state index contributed by atoms with van der Waals surface area (Å²) in [5.41, 5.74) is 2.13. The van der Waals surface area contributed by atoms with Crippen molar-refractivity contribution in [3.05, 3.63) is 47.1 Å². The Morgan fingerprint density at radius 1 is 1.22 bits per heavy atom. The van der Waals surface area contributed by atoms with E-state index in [2.05, 4.69) is 10.1 Å². The predicted octanol–water partition coefficient (Wildman–Crippen LogP) is 2.44. The number of nitrogens with zero attached hydrogens (tertiary/aromatic N) is 4. The van der Waals surface area contributed by atoms with E-state index in [1.54, 1.807) is 11.8 Å². The summed E-state index contributed by atoms with van der Waals surface area (Å²) >= 11 is 0. The van der Waals surface area contributed by atoms with Crippen molar-refractivity contribution in [2.24, 2.45) is 0 Å². The molecule has 1 aliphatic heterocycles. The Morgan fingerprint density at radius 3 is 2.70 bits per heavy atom. The van der Waals surface area contributed by atoms with Gasteiger partial charge < -0.3 is 14.3 Å². The zero-order chi connectivity index (χ0) is 19.4. The van der Waals surface area contributed by atoms with E-state index in [1.807, 2.05) is 43.0 Å². The van der Waals surface area contributed by atoms with Gasteiger partial charge in [-0.05, 0) is 25.8 Å². The van der Waals surface area contributed by atoms with E-state index >= 15 is 0 Å². The first-order valence-electron chi connectivity index (χ1n) is 9.41. The van der Waals surface area contributed by atoms with Crippen molar-refractivity contribution >= 4 is 11.8 Å². The summed E-state index contributed by atoms with van der Waals surface area (Å²) < 4.78 is 5.35. The fraction of sp³-hybridized carbons (Fsp3) is 0.500. The standard InChI is InChI=1S/C20H26N4O3/c1-4-18(25)24-10-6-9-23(13-17(24)20-21-15(3)22-27-20)19(26)12-16-8-5-7-14(2)11-16/h5,7-8,11,17H,4,6,9-10,12-13H2,1-3H3. The second-order valence-electron chi connectivity index (χ2n) is 7.00. The van der Waals surface area contributed by atoms with E-state index < -0.39 is 6.04 Å². The van der Waals surface area contributed by atoms with E-state index in [4.69, 9.17) is 4.52 Å². The number of aryl methyl sites for hydroxylation is 2. The summed E-state index contributed by atoms with van der Waals surface area (Å²) in [6, 6.07) is 7.58. The minimum atomic E-state index is -0.400. The van der Waals surface area contributed by atoms with Crippen molar-refractivity contribution in [2.75, 3.05) is 19.6 Å². The zero-order valence-electron chi connectivity index (χ0n) is 16.1. The Balaban J connectivity index is 1.80. The summed E-state index contributed by atoms with van der Waals surface area (Å²) in [4.78, 5) is 33.3. The summed E-state index contributed by atoms with van der Waals surface area (Å²) in [6.07, 6.45) is 1.48. The van der Waals surface area contributed by atoms with Crippen molar-refractivity contribution < 1.29 is 14.1 Å². The molecule has 27 heavy (non-hydrogen) atoms. The van der Waals surface area contributed by atoms with Crippen LogP contribution in [0, 0.1) is 13.8 Å². The molecule has 1 unspecified atom stereocenters.